The minimum absolute atomic E-state index is 0.178. The van der Waals surface area contributed by atoms with Gasteiger partial charge in [-0.2, -0.15) is 8.78 Å². The van der Waals surface area contributed by atoms with Crippen molar-refractivity contribution in [3.8, 4) is 5.75 Å². The third-order valence-corrected chi connectivity index (χ3v) is 2.29. The molecule has 0 aliphatic carbocycles. The molecule has 0 fully saturated rings. The molecule has 0 aliphatic heterocycles. The zero-order valence-corrected chi connectivity index (χ0v) is 9.48. The molecule has 1 aromatic carbocycles. The molecular formula is C12H12F2N2O2. The second-order valence-electron chi connectivity index (χ2n) is 3.57. The third kappa shape index (κ3) is 3.53. The number of aromatic nitrogens is 1. The minimum Gasteiger partial charge on any atom is -0.434 e. The SMILES string of the molecule is FC(F)Oc1ccccc1CNCc1ccno1. The van der Waals surface area contributed by atoms with Crippen molar-refractivity contribution in [2.45, 2.75) is 19.7 Å². The van der Waals surface area contributed by atoms with Gasteiger partial charge in [0.15, 0.2) is 0 Å². The monoisotopic (exact) mass is 254 g/mol. The van der Waals surface area contributed by atoms with Crippen molar-refractivity contribution < 1.29 is 18.0 Å². The Bertz CT molecular complexity index is 475. The molecule has 0 unspecified atom stereocenters. The summed E-state index contributed by atoms with van der Waals surface area (Å²) in [7, 11) is 0. The van der Waals surface area contributed by atoms with Gasteiger partial charge in [0.1, 0.15) is 11.5 Å². The molecule has 0 radical (unpaired) electrons. The summed E-state index contributed by atoms with van der Waals surface area (Å²) in [4.78, 5) is 0. The molecule has 0 aliphatic rings. The molecule has 0 amide bonds. The normalized spacial score (nSPS) is 10.8. The molecular weight excluding hydrogens is 242 g/mol. The molecule has 2 rings (SSSR count). The van der Waals surface area contributed by atoms with E-state index in [9.17, 15) is 8.78 Å². The predicted octanol–water partition coefficient (Wildman–Crippen LogP) is 2.57. The Balaban J connectivity index is 1.92. The molecule has 96 valence electrons. The van der Waals surface area contributed by atoms with Gasteiger partial charge in [0.2, 0.25) is 0 Å². The highest BCUT2D eigenvalue weighted by Crippen LogP contribution is 2.19. The van der Waals surface area contributed by atoms with Crippen LogP contribution in [-0.4, -0.2) is 11.8 Å². The van der Waals surface area contributed by atoms with Crippen LogP contribution in [0, 0.1) is 0 Å². The van der Waals surface area contributed by atoms with E-state index in [1.807, 2.05) is 0 Å². The molecule has 6 heteroatoms. The van der Waals surface area contributed by atoms with Crippen molar-refractivity contribution in [3.63, 3.8) is 0 Å². The van der Waals surface area contributed by atoms with E-state index < -0.39 is 6.61 Å². The van der Waals surface area contributed by atoms with Crippen LogP contribution in [0.1, 0.15) is 11.3 Å². The zero-order valence-electron chi connectivity index (χ0n) is 9.48. The molecule has 0 spiro atoms. The molecule has 1 N–H and O–H groups in total. The van der Waals surface area contributed by atoms with Crippen molar-refractivity contribution in [3.05, 3.63) is 47.9 Å². The summed E-state index contributed by atoms with van der Waals surface area (Å²) in [5.41, 5.74) is 0.664. The first kappa shape index (κ1) is 12.5. The van der Waals surface area contributed by atoms with Gasteiger partial charge in [0, 0.05) is 18.2 Å². The van der Waals surface area contributed by atoms with Gasteiger partial charge >= 0.3 is 6.61 Å². The fraction of sp³-hybridized carbons (Fsp3) is 0.250. The van der Waals surface area contributed by atoms with Crippen molar-refractivity contribution in [1.29, 1.82) is 0 Å². The number of ether oxygens (including phenoxy) is 1. The van der Waals surface area contributed by atoms with Gasteiger partial charge < -0.3 is 14.6 Å². The lowest BCUT2D eigenvalue weighted by atomic mass is 10.2. The van der Waals surface area contributed by atoms with E-state index in [1.54, 1.807) is 30.5 Å². The smallest absolute Gasteiger partial charge is 0.387 e. The number of benzene rings is 1. The quantitative estimate of drug-likeness (QED) is 0.860. The van der Waals surface area contributed by atoms with Crippen LogP contribution in [0.4, 0.5) is 8.78 Å². The van der Waals surface area contributed by atoms with Crippen LogP contribution in [0.5, 0.6) is 5.75 Å². The van der Waals surface area contributed by atoms with Gasteiger partial charge in [-0.15, -0.1) is 0 Å². The van der Waals surface area contributed by atoms with Crippen LogP contribution in [0.25, 0.3) is 0 Å². The van der Waals surface area contributed by atoms with Gasteiger partial charge in [-0.3, -0.25) is 0 Å². The lowest BCUT2D eigenvalue weighted by Crippen LogP contribution is -2.14. The van der Waals surface area contributed by atoms with E-state index in [0.717, 1.165) is 0 Å². The summed E-state index contributed by atoms with van der Waals surface area (Å²) < 4.78 is 33.7. The Hall–Kier alpha value is -1.95. The van der Waals surface area contributed by atoms with Gasteiger partial charge in [-0.05, 0) is 6.07 Å². The molecule has 1 heterocycles. The second-order valence-corrected chi connectivity index (χ2v) is 3.57. The number of nitrogens with one attached hydrogen (secondary N) is 1. The highest BCUT2D eigenvalue weighted by molar-refractivity contribution is 5.33. The van der Waals surface area contributed by atoms with Crippen LogP contribution in [0.15, 0.2) is 41.1 Å². The molecule has 0 saturated heterocycles. The van der Waals surface area contributed by atoms with E-state index in [0.29, 0.717) is 24.4 Å². The molecule has 1 aromatic heterocycles. The summed E-state index contributed by atoms with van der Waals surface area (Å²) >= 11 is 0. The Morgan fingerprint density at radius 3 is 2.78 bits per heavy atom. The summed E-state index contributed by atoms with van der Waals surface area (Å²) in [5.74, 6) is 0.861. The molecule has 2 aromatic rings. The average molecular weight is 254 g/mol. The maximum atomic E-state index is 12.2. The van der Waals surface area contributed by atoms with Crippen molar-refractivity contribution >= 4 is 0 Å². The number of nitrogens with zero attached hydrogens (tertiary/aromatic N) is 1. The summed E-state index contributed by atoms with van der Waals surface area (Å²) in [6.45, 7) is -1.94. The van der Waals surface area contributed by atoms with Gasteiger partial charge in [-0.25, -0.2) is 0 Å². The number of rotatable bonds is 6. The largest absolute Gasteiger partial charge is 0.434 e. The lowest BCUT2D eigenvalue weighted by Gasteiger charge is -2.10. The predicted molar refractivity (Wildman–Crippen MR) is 60.1 cm³/mol. The molecule has 0 saturated carbocycles. The van der Waals surface area contributed by atoms with Crippen molar-refractivity contribution in [2.24, 2.45) is 0 Å². The second kappa shape index (κ2) is 6.11. The minimum atomic E-state index is -2.82. The van der Waals surface area contributed by atoms with Gasteiger partial charge in [0.25, 0.3) is 0 Å². The number of halogens is 2. The average Bonchev–Trinajstić information content (AvgIpc) is 2.84. The fourth-order valence-electron chi connectivity index (χ4n) is 1.51. The number of hydrogen-bond donors (Lipinski definition) is 1. The number of para-hydroxylation sites is 1. The Labute approximate surface area is 103 Å². The first-order valence-electron chi connectivity index (χ1n) is 5.38. The molecule has 4 nitrogen and oxygen atoms in total. The maximum Gasteiger partial charge on any atom is 0.387 e. The third-order valence-electron chi connectivity index (χ3n) is 2.29. The summed E-state index contributed by atoms with van der Waals surface area (Å²) in [5, 5.41) is 6.62. The first-order valence-corrected chi connectivity index (χ1v) is 5.38. The standard InChI is InChI=1S/C12H12F2N2O2/c13-12(14)17-11-4-2-1-3-9(11)7-15-8-10-5-6-16-18-10/h1-6,12,15H,7-8H2. The Kier molecular flexibility index (Phi) is 4.25. The molecule has 0 bridgehead atoms. The Morgan fingerprint density at radius 1 is 1.22 bits per heavy atom. The summed E-state index contributed by atoms with van der Waals surface area (Å²) in [6.07, 6.45) is 1.55. The van der Waals surface area contributed by atoms with E-state index in [4.69, 9.17) is 4.52 Å². The number of alkyl halides is 2. The van der Waals surface area contributed by atoms with E-state index in [-0.39, 0.29) is 5.75 Å². The zero-order chi connectivity index (χ0) is 12.8. The van der Waals surface area contributed by atoms with Gasteiger partial charge in [0.05, 0.1) is 12.7 Å². The van der Waals surface area contributed by atoms with Crippen LogP contribution < -0.4 is 10.1 Å². The van der Waals surface area contributed by atoms with Crippen LogP contribution in [0.3, 0.4) is 0 Å². The van der Waals surface area contributed by atoms with E-state index >= 15 is 0 Å². The number of hydrogen-bond acceptors (Lipinski definition) is 4. The summed E-state index contributed by atoms with van der Waals surface area (Å²) in [6, 6.07) is 8.39. The van der Waals surface area contributed by atoms with Crippen molar-refractivity contribution in [2.75, 3.05) is 0 Å². The Morgan fingerprint density at radius 2 is 2.06 bits per heavy atom. The molecule has 0 atom stereocenters. The first-order chi connectivity index (χ1) is 8.75. The van der Waals surface area contributed by atoms with E-state index in [1.165, 1.54) is 6.07 Å². The van der Waals surface area contributed by atoms with E-state index in [2.05, 4.69) is 15.2 Å². The highest BCUT2D eigenvalue weighted by atomic mass is 19.3. The van der Waals surface area contributed by atoms with Gasteiger partial charge in [-0.1, -0.05) is 23.4 Å². The van der Waals surface area contributed by atoms with Crippen LogP contribution >= 0.6 is 0 Å². The van der Waals surface area contributed by atoms with Crippen LogP contribution in [0.2, 0.25) is 0 Å². The molecule has 18 heavy (non-hydrogen) atoms. The topological polar surface area (TPSA) is 47.3 Å². The van der Waals surface area contributed by atoms with Crippen molar-refractivity contribution in [1.82, 2.24) is 10.5 Å². The maximum absolute atomic E-state index is 12.2. The van der Waals surface area contributed by atoms with Crippen LogP contribution in [-0.2, 0) is 13.1 Å². The fourth-order valence-corrected chi connectivity index (χ4v) is 1.51. The lowest BCUT2D eigenvalue weighted by molar-refractivity contribution is -0.0505. The highest BCUT2D eigenvalue weighted by Gasteiger charge is 2.08.